The second-order valence-electron chi connectivity index (χ2n) is 3.91. The number of hydrogen-bond acceptors (Lipinski definition) is 2. The molecule has 0 fully saturated rings. The predicted molar refractivity (Wildman–Crippen MR) is 59.2 cm³/mol. The number of hydrogen-bond donors (Lipinski definition) is 0. The molecule has 2 heteroatoms. The third kappa shape index (κ3) is 4.56. The highest BCUT2D eigenvalue weighted by Gasteiger charge is 2.18. The molecule has 82 valence electrons. The van der Waals surface area contributed by atoms with Gasteiger partial charge in [0, 0.05) is 7.11 Å². The van der Waals surface area contributed by atoms with Crippen molar-refractivity contribution in [1.82, 2.24) is 0 Å². The van der Waals surface area contributed by atoms with Gasteiger partial charge in [-0.2, -0.15) is 0 Å². The molecule has 0 saturated heterocycles. The number of ether oxygens (including phenoxy) is 1. The summed E-state index contributed by atoms with van der Waals surface area (Å²) in [7, 11) is 1.69. The van der Waals surface area contributed by atoms with Crippen LogP contribution in [0.15, 0.2) is 12.2 Å². The van der Waals surface area contributed by atoms with Crippen LogP contribution >= 0.6 is 0 Å². The fourth-order valence-corrected chi connectivity index (χ4v) is 1.39. The first-order valence-corrected chi connectivity index (χ1v) is 5.24. The molecule has 0 spiro atoms. The van der Waals surface area contributed by atoms with Crippen molar-refractivity contribution in [2.24, 2.45) is 11.8 Å². The Kier molecular flexibility index (Phi) is 6.46. The van der Waals surface area contributed by atoms with E-state index >= 15 is 0 Å². The molecule has 0 aromatic carbocycles. The van der Waals surface area contributed by atoms with Crippen molar-refractivity contribution >= 4 is 5.78 Å². The van der Waals surface area contributed by atoms with Crippen LogP contribution in [0.25, 0.3) is 0 Å². The standard InChI is InChI=1S/C12H22O2/c1-6-9(2)11(4)12(14-5)8-7-10(3)13/h7-9,11-12H,6H2,1-5H3. The van der Waals surface area contributed by atoms with Gasteiger partial charge >= 0.3 is 0 Å². The Balaban J connectivity index is 4.32. The lowest BCUT2D eigenvalue weighted by molar-refractivity contribution is -0.112. The van der Waals surface area contributed by atoms with E-state index in [2.05, 4.69) is 20.8 Å². The summed E-state index contributed by atoms with van der Waals surface area (Å²) in [6.07, 6.45) is 4.63. The predicted octanol–water partition coefficient (Wildman–Crippen LogP) is 2.83. The summed E-state index contributed by atoms with van der Waals surface area (Å²) in [5.74, 6) is 1.13. The normalized spacial score (nSPS) is 18.1. The van der Waals surface area contributed by atoms with Crippen LogP contribution in [-0.2, 0) is 9.53 Å². The van der Waals surface area contributed by atoms with Crippen LogP contribution in [0.4, 0.5) is 0 Å². The monoisotopic (exact) mass is 198 g/mol. The fraction of sp³-hybridized carbons (Fsp3) is 0.750. The second kappa shape index (κ2) is 6.77. The van der Waals surface area contributed by atoms with Gasteiger partial charge in [0.25, 0.3) is 0 Å². The van der Waals surface area contributed by atoms with E-state index in [1.807, 2.05) is 6.08 Å². The molecule has 0 amide bonds. The van der Waals surface area contributed by atoms with Crippen LogP contribution < -0.4 is 0 Å². The number of rotatable bonds is 6. The van der Waals surface area contributed by atoms with Crippen molar-refractivity contribution in [3.05, 3.63) is 12.2 Å². The Morgan fingerprint density at radius 1 is 1.43 bits per heavy atom. The number of allylic oxidation sites excluding steroid dienone is 1. The second-order valence-corrected chi connectivity index (χ2v) is 3.91. The van der Waals surface area contributed by atoms with Gasteiger partial charge in [0.05, 0.1) is 6.10 Å². The first-order chi connectivity index (χ1) is 6.52. The highest BCUT2D eigenvalue weighted by molar-refractivity contribution is 5.87. The lowest BCUT2D eigenvalue weighted by Gasteiger charge is -2.24. The molecule has 0 bridgehead atoms. The van der Waals surface area contributed by atoms with Crippen LogP contribution in [0.1, 0.15) is 34.1 Å². The molecule has 0 saturated carbocycles. The smallest absolute Gasteiger partial charge is 0.152 e. The Labute approximate surface area is 87.3 Å². The van der Waals surface area contributed by atoms with Crippen LogP contribution in [0.3, 0.4) is 0 Å². The van der Waals surface area contributed by atoms with Gasteiger partial charge in [0.2, 0.25) is 0 Å². The van der Waals surface area contributed by atoms with Crippen LogP contribution in [0, 0.1) is 11.8 Å². The largest absolute Gasteiger partial charge is 0.377 e. The minimum atomic E-state index is 0.0499. The maximum atomic E-state index is 10.8. The summed E-state index contributed by atoms with van der Waals surface area (Å²) < 4.78 is 5.35. The van der Waals surface area contributed by atoms with Crippen molar-refractivity contribution in [2.45, 2.75) is 40.2 Å². The van der Waals surface area contributed by atoms with E-state index in [0.717, 1.165) is 6.42 Å². The van der Waals surface area contributed by atoms with Crippen molar-refractivity contribution in [3.63, 3.8) is 0 Å². The quantitative estimate of drug-likeness (QED) is 0.613. The number of methoxy groups -OCH3 is 1. The maximum absolute atomic E-state index is 10.8. The van der Waals surface area contributed by atoms with E-state index in [9.17, 15) is 4.79 Å². The zero-order valence-corrected chi connectivity index (χ0v) is 9.91. The topological polar surface area (TPSA) is 26.3 Å². The zero-order chi connectivity index (χ0) is 11.1. The molecule has 14 heavy (non-hydrogen) atoms. The molecule has 0 radical (unpaired) electrons. The van der Waals surface area contributed by atoms with E-state index in [1.54, 1.807) is 20.1 Å². The van der Waals surface area contributed by atoms with Gasteiger partial charge < -0.3 is 4.74 Å². The highest BCUT2D eigenvalue weighted by Crippen LogP contribution is 2.21. The first-order valence-electron chi connectivity index (χ1n) is 5.24. The van der Waals surface area contributed by atoms with Crippen LogP contribution in [0.2, 0.25) is 0 Å². The Bertz CT molecular complexity index is 196. The van der Waals surface area contributed by atoms with Gasteiger partial charge in [0.15, 0.2) is 5.78 Å². The minimum Gasteiger partial charge on any atom is -0.377 e. The Hall–Kier alpha value is -0.630. The molecule has 0 N–H and O–H groups in total. The third-order valence-corrected chi connectivity index (χ3v) is 2.85. The lowest BCUT2D eigenvalue weighted by atomic mass is 9.88. The molecular formula is C12H22O2. The van der Waals surface area contributed by atoms with E-state index in [-0.39, 0.29) is 11.9 Å². The minimum absolute atomic E-state index is 0.0499. The molecule has 3 atom stereocenters. The molecule has 0 aliphatic rings. The zero-order valence-electron chi connectivity index (χ0n) is 9.91. The Morgan fingerprint density at radius 3 is 2.36 bits per heavy atom. The molecule has 0 aromatic rings. The lowest BCUT2D eigenvalue weighted by Crippen LogP contribution is -2.23. The van der Waals surface area contributed by atoms with Crippen molar-refractivity contribution in [2.75, 3.05) is 7.11 Å². The van der Waals surface area contributed by atoms with Gasteiger partial charge in [-0.05, 0) is 24.8 Å². The van der Waals surface area contributed by atoms with E-state index in [4.69, 9.17) is 4.74 Å². The SMILES string of the molecule is CCC(C)C(C)C(C=CC(C)=O)OC. The number of carbonyl (C=O) groups is 1. The highest BCUT2D eigenvalue weighted by atomic mass is 16.5. The average Bonchev–Trinajstić information content (AvgIpc) is 2.16. The molecule has 3 unspecified atom stereocenters. The molecular weight excluding hydrogens is 176 g/mol. The summed E-state index contributed by atoms with van der Waals surface area (Å²) in [6, 6.07) is 0. The molecule has 0 aliphatic carbocycles. The summed E-state index contributed by atoms with van der Waals surface area (Å²) >= 11 is 0. The van der Waals surface area contributed by atoms with Gasteiger partial charge in [-0.1, -0.05) is 33.3 Å². The molecule has 2 nitrogen and oxygen atoms in total. The van der Waals surface area contributed by atoms with E-state index in [0.29, 0.717) is 11.8 Å². The van der Waals surface area contributed by atoms with Gasteiger partial charge in [0.1, 0.15) is 0 Å². The maximum Gasteiger partial charge on any atom is 0.152 e. The van der Waals surface area contributed by atoms with E-state index in [1.165, 1.54) is 0 Å². The number of ketones is 1. The van der Waals surface area contributed by atoms with Crippen molar-refractivity contribution < 1.29 is 9.53 Å². The Morgan fingerprint density at radius 2 is 2.00 bits per heavy atom. The summed E-state index contributed by atoms with van der Waals surface area (Å²) in [5.41, 5.74) is 0. The molecule has 0 heterocycles. The number of carbonyl (C=O) groups excluding carboxylic acids is 1. The first kappa shape index (κ1) is 13.4. The molecule has 0 rings (SSSR count). The van der Waals surface area contributed by atoms with Gasteiger partial charge in [-0.15, -0.1) is 0 Å². The van der Waals surface area contributed by atoms with Crippen molar-refractivity contribution in [3.8, 4) is 0 Å². The third-order valence-electron chi connectivity index (χ3n) is 2.85. The molecule has 0 aliphatic heterocycles. The fourth-order valence-electron chi connectivity index (χ4n) is 1.39. The van der Waals surface area contributed by atoms with Crippen LogP contribution in [-0.4, -0.2) is 19.0 Å². The van der Waals surface area contributed by atoms with Crippen LogP contribution in [0.5, 0.6) is 0 Å². The molecule has 0 aromatic heterocycles. The summed E-state index contributed by atoms with van der Waals surface area (Å²) in [6.45, 7) is 8.09. The van der Waals surface area contributed by atoms with E-state index < -0.39 is 0 Å². The van der Waals surface area contributed by atoms with Gasteiger partial charge in [-0.25, -0.2) is 0 Å². The van der Waals surface area contributed by atoms with Crippen molar-refractivity contribution in [1.29, 1.82) is 0 Å². The average molecular weight is 198 g/mol. The van der Waals surface area contributed by atoms with Gasteiger partial charge in [-0.3, -0.25) is 4.79 Å². The summed E-state index contributed by atoms with van der Waals surface area (Å²) in [5, 5.41) is 0. The summed E-state index contributed by atoms with van der Waals surface area (Å²) in [4.78, 5) is 10.8.